The molecule has 1 aliphatic rings. The fourth-order valence-corrected chi connectivity index (χ4v) is 4.04. The van der Waals surface area contributed by atoms with Gasteiger partial charge in [-0.1, -0.05) is 0 Å². The zero-order valence-electron chi connectivity index (χ0n) is 22.2. The third kappa shape index (κ3) is 8.01. The summed E-state index contributed by atoms with van der Waals surface area (Å²) in [5.74, 6) is -1.34. The SMILES string of the molecule is C=N/C=C\C(=NCCOCCNC)c1cc(NC(=O)c2ccc(F)cc2)c(N2CCN(C)C(C)C2)cc1F. The minimum Gasteiger partial charge on any atom is -0.378 e. The number of nitrogens with one attached hydrogen (secondary N) is 2. The Morgan fingerprint density at radius 3 is 2.66 bits per heavy atom. The Kier molecular flexibility index (Phi) is 11.1. The molecule has 1 heterocycles. The topological polar surface area (TPSA) is 81.6 Å². The number of ether oxygens (including phenoxy) is 1. The molecule has 1 aliphatic heterocycles. The highest BCUT2D eigenvalue weighted by Crippen LogP contribution is 2.32. The molecule has 2 aromatic rings. The molecule has 1 unspecified atom stereocenters. The van der Waals surface area contributed by atoms with Crippen LogP contribution in [0.5, 0.6) is 0 Å². The first-order chi connectivity index (χ1) is 18.3. The maximum atomic E-state index is 15.6. The van der Waals surface area contributed by atoms with Gasteiger partial charge in [0, 0.05) is 49.5 Å². The zero-order valence-corrected chi connectivity index (χ0v) is 22.2. The molecule has 0 bridgehead atoms. The van der Waals surface area contributed by atoms with Gasteiger partial charge in [-0.05, 0) is 70.2 Å². The third-order valence-electron chi connectivity index (χ3n) is 6.37. The van der Waals surface area contributed by atoms with E-state index in [1.54, 1.807) is 12.1 Å². The van der Waals surface area contributed by atoms with Gasteiger partial charge in [0.15, 0.2) is 0 Å². The molecule has 38 heavy (non-hydrogen) atoms. The van der Waals surface area contributed by atoms with Crippen LogP contribution < -0.4 is 15.5 Å². The van der Waals surface area contributed by atoms with E-state index in [9.17, 15) is 9.18 Å². The van der Waals surface area contributed by atoms with Gasteiger partial charge >= 0.3 is 0 Å². The molecule has 0 radical (unpaired) electrons. The molecule has 8 nitrogen and oxygen atoms in total. The summed E-state index contributed by atoms with van der Waals surface area (Å²) in [5, 5.41) is 5.91. The molecule has 0 saturated carbocycles. The first kappa shape index (κ1) is 29.1. The molecule has 1 amide bonds. The highest BCUT2D eigenvalue weighted by atomic mass is 19.1. The van der Waals surface area contributed by atoms with E-state index in [0.717, 1.165) is 13.1 Å². The summed E-state index contributed by atoms with van der Waals surface area (Å²) in [7, 11) is 3.89. The van der Waals surface area contributed by atoms with Crippen LogP contribution in [0, 0.1) is 11.6 Å². The van der Waals surface area contributed by atoms with Gasteiger partial charge in [-0.15, -0.1) is 0 Å². The molecular formula is C28H36F2N6O2. The number of carbonyl (C=O) groups excluding carboxylic acids is 1. The Labute approximate surface area is 223 Å². The van der Waals surface area contributed by atoms with Crippen molar-refractivity contribution < 1.29 is 18.3 Å². The van der Waals surface area contributed by atoms with Crippen LogP contribution in [0.4, 0.5) is 20.2 Å². The first-order valence-corrected chi connectivity index (χ1v) is 12.6. The van der Waals surface area contributed by atoms with E-state index < -0.39 is 17.5 Å². The number of amides is 1. The number of aliphatic imine (C=N–C) groups is 2. The van der Waals surface area contributed by atoms with Crippen molar-refractivity contribution in [1.29, 1.82) is 0 Å². The number of likely N-dealkylation sites (N-methyl/N-ethyl adjacent to an activating group) is 2. The van der Waals surface area contributed by atoms with Gasteiger partial charge in [0.1, 0.15) is 11.6 Å². The van der Waals surface area contributed by atoms with Gasteiger partial charge in [-0.2, -0.15) is 0 Å². The Bertz CT molecular complexity index is 1150. The van der Waals surface area contributed by atoms with Crippen molar-refractivity contribution in [3.63, 3.8) is 0 Å². The molecular weight excluding hydrogens is 490 g/mol. The van der Waals surface area contributed by atoms with Crippen molar-refractivity contribution in [2.24, 2.45) is 9.98 Å². The number of hydrogen-bond donors (Lipinski definition) is 2. The lowest BCUT2D eigenvalue weighted by atomic mass is 10.0. The fourth-order valence-electron chi connectivity index (χ4n) is 4.04. The molecule has 0 aliphatic carbocycles. The van der Waals surface area contributed by atoms with Crippen LogP contribution >= 0.6 is 0 Å². The maximum absolute atomic E-state index is 15.6. The maximum Gasteiger partial charge on any atom is 0.255 e. The van der Waals surface area contributed by atoms with E-state index in [1.165, 1.54) is 36.5 Å². The third-order valence-corrected chi connectivity index (χ3v) is 6.37. The highest BCUT2D eigenvalue weighted by Gasteiger charge is 2.25. The summed E-state index contributed by atoms with van der Waals surface area (Å²) in [6, 6.07) is 8.53. The second-order valence-electron chi connectivity index (χ2n) is 9.07. The van der Waals surface area contributed by atoms with Crippen molar-refractivity contribution in [3.05, 3.63) is 71.4 Å². The normalized spacial score (nSPS) is 16.7. The number of halogens is 2. The Morgan fingerprint density at radius 2 is 1.97 bits per heavy atom. The zero-order chi connectivity index (χ0) is 27.5. The highest BCUT2D eigenvalue weighted by molar-refractivity contribution is 6.11. The molecule has 1 saturated heterocycles. The Morgan fingerprint density at radius 1 is 1.21 bits per heavy atom. The minimum absolute atomic E-state index is 0.209. The van der Waals surface area contributed by atoms with Gasteiger partial charge < -0.3 is 25.2 Å². The van der Waals surface area contributed by atoms with Gasteiger partial charge in [-0.3, -0.25) is 14.8 Å². The van der Waals surface area contributed by atoms with Crippen molar-refractivity contribution >= 4 is 29.7 Å². The number of allylic oxidation sites excluding steroid dienone is 1. The summed E-state index contributed by atoms with van der Waals surface area (Å²) >= 11 is 0. The number of benzene rings is 2. The summed E-state index contributed by atoms with van der Waals surface area (Å²) in [5.41, 5.74) is 1.86. The fraction of sp³-hybridized carbons (Fsp3) is 0.393. The number of rotatable bonds is 12. The molecule has 2 aromatic carbocycles. The van der Waals surface area contributed by atoms with E-state index in [-0.39, 0.29) is 11.6 Å². The average molecular weight is 527 g/mol. The van der Waals surface area contributed by atoms with Crippen LogP contribution in [0.2, 0.25) is 0 Å². The molecule has 0 aromatic heterocycles. The van der Waals surface area contributed by atoms with E-state index in [0.29, 0.717) is 55.5 Å². The van der Waals surface area contributed by atoms with Crippen LogP contribution in [0.1, 0.15) is 22.8 Å². The Balaban J connectivity index is 1.98. The molecule has 10 heteroatoms. The van der Waals surface area contributed by atoms with Crippen LogP contribution in [0.15, 0.2) is 58.7 Å². The van der Waals surface area contributed by atoms with Crippen LogP contribution in [-0.4, -0.2) is 89.3 Å². The monoisotopic (exact) mass is 526 g/mol. The van der Waals surface area contributed by atoms with E-state index in [1.807, 2.05) is 14.1 Å². The van der Waals surface area contributed by atoms with Crippen molar-refractivity contribution in [1.82, 2.24) is 10.2 Å². The molecule has 204 valence electrons. The van der Waals surface area contributed by atoms with Gasteiger partial charge in [0.05, 0.1) is 36.8 Å². The number of piperazine rings is 1. The summed E-state index contributed by atoms with van der Waals surface area (Å²) < 4.78 is 34.6. The molecule has 3 rings (SSSR count). The number of carbonyl (C=O) groups is 1. The predicted molar refractivity (Wildman–Crippen MR) is 150 cm³/mol. The van der Waals surface area contributed by atoms with Gasteiger partial charge in [0.25, 0.3) is 5.91 Å². The van der Waals surface area contributed by atoms with E-state index in [4.69, 9.17) is 4.74 Å². The van der Waals surface area contributed by atoms with E-state index >= 15 is 4.39 Å². The van der Waals surface area contributed by atoms with Crippen molar-refractivity contribution in [3.8, 4) is 0 Å². The van der Waals surface area contributed by atoms with Crippen LogP contribution in [-0.2, 0) is 4.74 Å². The molecule has 2 N–H and O–H groups in total. The number of hydrogen-bond acceptors (Lipinski definition) is 7. The van der Waals surface area contributed by atoms with Crippen LogP contribution in [0.25, 0.3) is 0 Å². The largest absolute Gasteiger partial charge is 0.378 e. The second-order valence-corrected chi connectivity index (χ2v) is 9.07. The number of anilines is 2. The smallest absolute Gasteiger partial charge is 0.255 e. The summed E-state index contributed by atoms with van der Waals surface area (Å²) in [6.07, 6.45) is 3.01. The lowest BCUT2D eigenvalue weighted by Gasteiger charge is -2.39. The van der Waals surface area contributed by atoms with Crippen molar-refractivity contribution in [2.75, 3.05) is 70.2 Å². The quantitative estimate of drug-likeness (QED) is 0.326. The van der Waals surface area contributed by atoms with E-state index in [2.05, 4.69) is 44.1 Å². The van der Waals surface area contributed by atoms with Gasteiger partial charge in [-0.25, -0.2) is 8.78 Å². The lowest BCUT2D eigenvalue weighted by Crippen LogP contribution is -2.50. The second kappa shape index (κ2) is 14.5. The van der Waals surface area contributed by atoms with Crippen LogP contribution in [0.3, 0.4) is 0 Å². The average Bonchev–Trinajstić information content (AvgIpc) is 2.90. The first-order valence-electron chi connectivity index (χ1n) is 12.6. The predicted octanol–water partition coefficient (Wildman–Crippen LogP) is 3.60. The lowest BCUT2D eigenvalue weighted by molar-refractivity contribution is 0.102. The Hall–Kier alpha value is -3.47. The molecule has 0 spiro atoms. The summed E-state index contributed by atoms with van der Waals surface area (Å²) in [6.45, 7) is 9.63. The minimum atomic E-state index is -0.477. The standard InChI is InChI=1S/C28H36F2N6O2/c1-20-19-36(14-13-35(20)4)27-18-24(30)23(25(9-10-31-2)33-12-16-38-15-11-32-3)17-26(27)34-28(37)21-5-7-22(29)8-6-21/h5-10,17-18,20,32H,2,11-16,19H2,1,3-4H3,(H,34,37)/b10-9-,33-25?. The van der Waals surface area contributed by atoms with Crippen molar-refractivity contribution in [2.45, 2.75) is 13.0 Å². The van der Waals surface area contributed by atoms with Gasteiger partial charge in [0.2, 0.25) is 0 Å². The summed E-state index contributed by atoms with van der Waals surface area (Å²) in [4.78, 5) is 25.6. The molecule has 1 atom stereocenters. The molecule has 1 fully saturated rings. The number of nitrogens with zero attached hydrogens (tertiary/aromatic N) is 4.